The minimum Gasteiger partial charge on any atom is -0.464 e. The van der Waals surface area contributed by atoms with Crippen LogP contribution in [0.5, 0.6) is 0 Å². The van der Waals surface area contributed by atoms with Gasteiger partial charge in [0.2, 0.25) is 0 Å². The molecule has 0 atom stereocenters. The summed E-state index contributed by atoms with van der Waals surface area (Å²) in [5.74, 6) is 1.96. The minimum absolute atomic E-state index is 0.0705. The van der Waals surface area contributed by atoms with Crippen molar-refractivity contribution in [2.45, 2.75) is 58.8 Å². The lowest BCUT2D eigenvalue weighted by atomic mass is 9.48. The Labute approximate surface area is 165 Å². The Balaban J connectivity index is 1.23. The van der Waals surface area contributed by atoms with Gasteiger partial charge in [-0.1, -0.05) is 0 Å². The quantitative estimate of drug-likeness (QED) is 0.691. The Morgan fingerprint density at radius 3 is 2.29 bits per heavy atom. The second-order valence-corrected chi connectivity index (χ2v) is 9.65. The highest BCUT2D eigenvalue weighted by Gasteiger charge is 2.54. The molecule has 4 saturated carbocycles. The van der Waals surface area contributed by atoms with Gasteiger partial charge < -0.3 is 9.15 Å². The van der Waals surface area contributed by atoms with Gasteiger partial charge >= 0.3 is 5.97 Å². The molecular formula is C24H28O4. The van der Waals surface area contributed by atoms with E-state index >= 15 is 0 Å². The lowest BCUT2D eigenvalue weighted by Crippen LogP contribution is -2.51. The highest BCUT2D eigenvalue weighted by atomic mass is 16.5. The summed E-state index contributed by atoms with van der Waals surface area (Å²) in [6.07, 6.45) is 8.73. The van der Waals surface area contributed by atoms with Crippen LogP contribution in [0.4, 0.5) is 0 Å². The van der Waals surface area contributed by atoms with E-state index in [-0.39, 0.29) is 30.2 Å². The van der Waals surface area contributed by atoms with Gasteiger partial charge in [-0.2, -0.15) is 0 Å². The normalized spacial score (nSPS) is 30.7. The number of furan rings is 1. The van der Waals surface area contributed by atoms with Crippen LogP contribution < -0.4 is 0 Å². The third kappa shape index (κ3) is 2.98. The van der Waals surface area contributed by atoms with Crippen LogP contribution in [-0.2, 0) is 20.7 Å². The van der Waals surface area contributed by atoms with Gasteiger partial charge in [0, 0.05) is 16.4 Å². The Morgan fingerprint density at radius 1 is 1.04 bits per heavy atom. The molecular weight excluding hydrogens is 352 g/mol. The van der Waals surface area contributed by atoms with E-state index in [1.54, 1.807) is 6.26 Å². The summed E-state index contributed by atoms with van der Waals surface area (Å²) in [5.41, 5.74) is 3.74. The molecule has 4 aliphatic rings. The maximum absolute atomic E-state index is 13.0. The molecule has 4 nitrogen and oxygen atoms in total. The SMILES string of the molecule is Cc1cc2occ(CC(=O)OCC(=O)C34CC5CC(CC(C5)C3)C4)c2cc1C. The number of rotatable bonds is 5. The van der Waals surface area contributed by atoms with Crippen LogP contribution in [0.1, 0.15) is 55.2 Å². The van der Waals surface area contributed by atoms with Crippen molar-refractivity contribution in [2.24, 2.45) is 23.2 Å². The van der Waals surface area contributed by atoms with E-state index in [9.17, 15) is 9.59 Å². The molecule has 0 N–H and O–H groups in total. The minimum atomic E-state index is -0.348. The van der Waals surface area contributed by atoms with Crippen LogP contribution >= 0.6 is 0 Å². The van der Waals surface area contributed by atoms with Crippen LogP contribution in [0.3, 0.4) is 0 Å². The molecule has 4 fully saturated rings. The second kappa shape index (κ2) is 6.47. The summed E-state index contributed by atoms with van der Waals surface area (Å²) in [7, 11) is 0. The number of esters is 1. The third-order valence-electron chi connectivity index (χ3n) is 7.60. The van der Waals surface area contributed by atoms with E-state index in [4.69, 9.17) is 9.15 Å². The standard InChI is InChI=1S/C24H28O4/c1-14-3-20-19(12-27-21(20)4-15(14)2)8-23(26)28-13-22(25)24-9-16-5-17(10-24)7-18(6-16)11-24/h3-4,12,16-18H,5-11,13H2,1-2H3. The van der Waals surface area contributed by atoms with Crippen LogP contribution in [0.25, 0.3) is 11.0 Å². The van der Waals surface area contributed by atoms with Crippen molar-refractivity contribution in [1.29, 1.82) is 0 Å². The van der Waals surface area contributed by atoms with Crippen molar-refractivity contribution in [1.82, 2.24) is 0 Å². The molecule has 6 rings (SSSR count). The number of benzene rings is 1. The third-order valence-corrected chi connectivity index (χ3v) is 7.60. The predicted octanol–water partition coefficient (Wildman–Crippen LogP) is 4.92. The van der Waals surface area contributed by atoms with E-state index in [0.29, 0.717) is 0 Å². The zero-order valence-corrected chi connectivity index (χ0v) is 16.8. The zero-order valence-electron chi connectivity index (χ0n) is 16.8. The maximum Gasteiger partial charge on any atom is 0.310 e. The van der Waals surface area contributed by atoms with Crippen molar-refractivity contribution < 1.29 is 18.7 Å². The maximum atomic E-state index is 13.0. The number of ketones is 1. The Hall–Kier alpha value is -2.10. The number of hydrogen-bond acceptors (Lipinski definition) is 4. The van der Waals surface area contributed by atoms with Gasteiger partial charge in [0.15, 0.2) is 12.4 Å². The van der Waals surface area contributed by atoms with Gasteiger partial charge in [-0.15, -0.1) is 0 Å². The average molecular weight is 380 g/mol. The number of aryl methyl sites for hydroxylation is 2. The van der Waals surface area contributed by atoms with E-state index in [0.717, 1.165) is 59.1 Å². The first-order valence-electron chi connectivity index (χ1n) is 10.6. The van der Waals surface area contributed by atoms with Crippen molar-refractivity contribution in [3.8, 4) is 0 Å². The van der Waals surface area contributed by atoms with Crippen molar-refractivity contribution in [2.75, 3.05) is 6.61 Å². The molecule has 4 aliphatic carbocycles. The molecule has 0 aliphatic heterocycles. The van der Waals surface area contributed by atoms with Gasteiger partial charge in [0.1, 0.15) is 5.58 Å². The fraction of sp³-hybridized carbons (Fsp3) is 0.583. The average Bonchev–Trinajstić information content (AvgIpc) is 3.00. The second-order valence-electron chi connectivity index (χ2n) is 9.65. The van der Waals surface area contributed by atoms with E-state index in [1.807, 2.05) is 19.9 Å². The first-order chi connectivity index (χ1) is 13.4. The molecule has 1 aromatic carbocycles. The number of hydrogen-bond donors (Lipinski definition) is 0. The molecule has 4 heteroatoms. The molecule has 0 radical (unpaired) electrons. The molecule has 148 valence electrons. The van der Waals surface area contributed by atoms with Gasteiger partial charge in [-0.3, -0.25) is 9.59 Å². The molecule has 0 amide bonds. The van der Waals surface area contributed by atoms with Crippen molar-refractivity contribution in [3.63, 3.8) is 0 Å². The molecule has 4 bridgehead atoms. The number of carbonyl (C=O) groups excluding carboxylic acids is 2. The van der Waals surface area contributed by atoms with E-state index in [2.05, 4.69) is 6.07 Å². The summed E-state index contributed by atoms with van der Waals surface area (Å²) in [4.78, 5) is 25.4. The monoisotopic (exact) mass is 380 g/mol. The van der Waals surface area contributed by atoms with E-state index < -0.39 is 0 Å². The van der Waals surface area contributed by atoms with Gasteiger partial charge in [0.25, 0.3) is 0 Å². The lowest BCUT2D eigenvalue weighted by Gasteiger charge is -2.55. The number of Topliss-reactive ketones (excluding diaryl/α,β-unsaturated/α-hetero) is 1. The lowest BCUT2D eigenvalue weighted by molar-refractivity contribution is -0.157. The van der Waals surface area contributed by atoms with Crippen LogP contribution in [0, 0.1) is 37.0 Å². The van der Waals surface area contributed by atoms with Crippen LogP contribution in [-0.4, -0.2) is 18.4 Å². The smallest absolute Gasteiger partial charge is 0.310 e. The summed E-state index contributed by atoms with van der Waals surface area (Å²) in [5, 5.41) is 0.951. The first kappa shape index (κ1) is 18.0. The summed E-state index contributed by atoms with van der Waals surface area (Å²) in [6.45, 7) is 4.02. The van der Waals surface area contributed by atoms with Crippen molar-refractivity contribution >= 4 is 22.7 Å². The van der Waals surface area contributed by atoms with Gasteiger partial charge in [-0.25, -0.2) is 0 Å². The summed E-state index contributed by atoms with van der Waals surface area (Å²) < 4.78 is 11.0. The summed E-state index contributed by atoms with van der Waals surface area (Å²) in [6, 6.07) is 4.05. The number of fused-ring (bicyclic) bond motifs is 1. The fourth-order valence-electron chi connectivity index (χ4n) is 6.43. The largest absolute Gasteiger partial charge is 0.464 e. The molecule has 1 heterocycles. The molecule has 0 saturated heterocycles. The number of ether oxygens (including phenoxy) is 1. The van der Waals surface area contributed by atoms with Crippen LogP contribution in [0.2, 0.25) is 0 Å². The topological polar surface area (TPSA) is 56.5 Å². The molecule has 1 aromatic heterocycles. The van der Waals surface area contributed by atoms with E-state index in [1.165, 1.54) is 24.8 Å². The highest BCUT2D eigenvalue weighted by Crippen LogP contribution is 2.60. The predicted molar refractivity (Wildman–Crippen MR) is 106 cm³/mol. The molecule has 0 spiro atoms. The number of carbonyl (C=O) groups is 2. The highest BCUT2D eigenvalue weighted by molar-refractivity contribution is 5.90. The Kier molecular flexibility index (Phi) is 4.15. The van der Waals surface area contributed by atoms with Crippen LogP contribution in [0.15, 0.2) is 22.8 Å². The fourth-order valence-corrected chi connectivity index (χ4v) is 6.43. The molecule has 2 aromatic rings. The Morgan fingerprint density at radius 2 is 1.64 bits per heavy atom. The zero-order chi connectivity index (χ0) is 19.5. The summed E-state index contributed by atoms with van der Waals surface area (Å²) >= 11 is 0. The van der Waals surface area contributed by atoms with Crippen molar-refractivity contribution in [3.05, 3.63) is 35.1 Å². The molecule has 0 unspecified atom stereocenters. The van der Waals surface area contributed by atoms with Gasteiger partial charge in [0.05, 0.1) is 12.7 Å². The van der Waals surface area contributed by atoms with Gasteiger partial charge in [-0.05, 0) is 93.4 Å². The Bertz CT molecular complexity index is 916. The molecule has 28 heavy (non-hydrogen) atoms. The first-order valence-corrected chi connectivity index (χ1v) is 10.6.